The van der Waals surface area contributed by atoms with Crippen LogP contribution in [-0.2, 0) is 4.79 Å². The number of allylic oxidation sites excluding steroid dienone is 5. The van der Waals surface area contributed by atoms with Crippen molar-refractivity contribution in [3.63, 3.8) is 0 Å². The quantitative estimate of drug-likeness (QED) is 0.0361. The number of carbonyl (C=O) groups excluding carboxylic acids is 1. The molecule has 0 radical (unpaired) electrons. The number of hydrogen-bond donors (Lipinski definition) is 4. The lowest BCUT2D eigenvalue weighted by molar-refractivity contribution is -0.131. The topological polar surface area (TPSA) is 89.8 Å². The van der Waals surface area contributed by atoms with Crippen LogP contribution in [0.4, 0.5) is 0 Å². The van der Waals surface area contributed by atoms with Crippen molar-refractivity contribution < 1.29 is 20.1 Å². The Morgan fingerprint density at radius 3 is 0.938 bits per heavy atom. The maximum absolute atomic E-state index is 12.6. The van der Waals surface area contributed by atoms with Crippen LogP contribution in [0.2, 0.25) is 0 Å². The van der Waals surface area contributed by atoms with Crippen LogP contribution in [0.1, 0.15) is 316 Å². The Bertz CT molecular complexity index is 1010. The minimum absolute atomic E-state index is 0.375. The number of amides is 1. The molecule has 3 atom stereocenters. The van der Waals surface area contributed by atoms with E-state index in [1.807, 2.05) is 6.08 Å². The van der Waals surface area contributed by atoms with E-state index in [9.17, 15) is 20.1 Å². The largest absolute Gasteiger partial charge is 0.394 e. The summed E-state index contributed by atoms with van der Waals surface area (Å²) in [5.41, 5.74) is 0. The van der Waals surface area contributed by atoms with Crippen LogP contribution in [0.5, 0.6) is 0 Å². The first-order chi connectivity index (χ1) is 32.1. The molecular weight excluding hydrogens is 799 g/mol. The molecule has 4 N–H and O–H groups in total. The first-order valence-electron chi connectivity index (χ1n) is 29.3. The third-order valence-corrected chi connectivity index (χ3v) is 13.7. The van der Waals surface area contributed by atoms with Gasteiger partial charge in [0.1, 0.15) is 6.10 Å². The summed E-state index contributed by atoms with van der Waals surface area (Å²) in [5, 5.41) is 33.4. The summed E-state index contributed by atoms with van der Waals surface area (Å²) in [5.74, 6) is -0.510. The van der Waals surface area contributed by atoms with E-state index in [-0.39, 0.29) is 6.61 Å². The van der Waals surface area contributed by atoms with Crippen LogP contribution < -0.4 is 5.32 Å². The first-order valence-corrected chi connectivity index (χ1v) is 29.3. The minimum Gasteiger partial charge on any atom is -0.394 e. The summed E-state index contributed by atoms with van der Waals surface area (Å²) in [4.78, 5) is 12.6. The number of unbranched alkanes of at least 4 members (excludes halogenated alkanes) is 42. The van der Waals surface area contributed by atoms with Crippen molar-refractivity contribution in [3.8, 4) is 0 Å². The molecule has 0 aromatic rings. The molecule has 0 saturated heterocycles. The second kappa shape index (κ2) is 55.2. The SMILES string of the molecule is CCCCCCCCCCCCCC/C=C\CCCCCCCCCCCCC(O)C(=O)NC(CO)C(O)/C=C/CC/C=C/CCCCCCCCCCCCCCCCCCCCC. The molecule has 5 heteroatoms. The molecule has 0 aliphatic heterocycles. The molecule has 0 bridgehead atoms. The Balaban J connectivity index is 3.59. The van der Waals surface area contributed by atoms with Gasteiger partial charge in [0, 0.05) is 0 Å². The van der Waals surface area contributed by atoms with Gasteiger partial charge in [-0.3, -0.25) is 4.79 Å². The predicted molar refractivity (Wildman–Crippen MR) is 287 cm³/mol. The van der Waals surface area contributed by atoms with Crippen molar-refractivity contribution in [2.24, 2.45) is 0 Å². The van der Waals surface area contributed by atoms with E-state index in [0.717, 1.165) is 38.5 Å². The van der Waals surface area contributed by atoms with Crippen molar-refractivity contribution in [1.29, 1.82) is 0 Å². The lowest BCUT2D eigenvalue weighted by Crippen LogP contribution is -2.48. The van der Waals surface area contributed by atoms with Crippen LogP contribution >= 0.6 is 0 Å². The Kier molecular flexibility index (Phi) is 54.0. The second-order valence-electron chi connectivity index (χ2n) is 20.2. The Morgan fingerprint density at radius 1 is 0.369 bits per heavy atom. The van der Waals surface area contributed by atoms with Gasteiger partial charge in [-0.25, -0.2) is 0 Å². The average molecular weight is 915 g/mol. The van der Waals surface area contributed by atoms with E-state index in [2.05, 4.69) is 43.5 Å². The summed E-state index contributed by atoms with van der Waals surface area (Å²) in [6.07, 6.45) is 72.3. The summed E-state index contributed by atoms with van der Waals surface area (Å²) < 4.78 is 0. The van der Waals surface area contributed by atoms with Crippen LogP contribution in [0.3, 0.4) is 0 Å². The fourth-order valence-electron chi connectivity index (χ4n) is 9.14. The van der Waals surface area contributed by atoms with Gasteiger partial charge < -0.3 is 20.6 Å². The van der Waals surface area contributed by atoms with Gasteiger partial charge in [-0.2, -0.15) is 0 Å². The smallest absolute Gasteiger partial charge is 0.249 e. The van der Waals surface area contributed by atoms with Crippen LogP contribution in [0, 0.1) is 0 Å². The van der Waals surface area contributed by atoms with E-state index >= 15 is 0 Å². The zero-order chi connectivity index (χ0) is 47.2. The molecule has 384 valence electrons. The van der Waals surface area contributed by atoms with Crippen molar-refractivity contribution in [2.45, 2.75) is 334 Å². The molecule has 3 unspecified atom stereocenters. The Hall–Kier alpha value is -1.43. The van der Waals surface area contributed by atoms with Gasteiger partial charge in [-0.1, -0.05) is 294 Å². The lowest BCUT2D eigenvalue weighted by atomic mass is 10.0. The van der Waals surface area contributed by atoms with Crippen LogP contribution in [-0.4, -0.2) is 46.1 Å². The molecule has 0 spiro atoms. The van der Waals surface area contributed by atoms with Gasteiger partial charge in [-0.15, -0.1) is 0 Å². The molecule has 0 heterocycles. The standard InChI is InChI=1S/C60H115NO4/c1-3-5-7-9-11-13-15-17-19-21-23-25-27-29-31-33-35-37-39-41-43-45-47-49-51-53-55-59(64)60(65)61-57(56-62)58(63)54-52-50-48-46-44-42-40-38-36-34-32-30-28-26-24-22-20-18-16-14-12-10-8-6-4-2/h29,31,44,46,52,54,57-59,62-64H,3-28,30,32-43,45,47-51,53,55-56H2,1-2H3,(H,61,65)/b31-29-,46-44+,54-52+. The third-order valence-electron chi connectivity index (χ3n) is 13.7. The number of nitrogens with one attached hydrogen (secondary N) is 1. The van der Waals surface area contributed by atoms with E-state index in [4.69, 9.17) is 0 Å². The maximum atomic E-state index is 12.6. The summed E-state index contributed by atoms with van der Waals surface area (Å²) in [7, 11) is 0. The second-order valence-corrected chi connectivity index (χ2v) is 20.2. The van der Waals surface area contributed by atoms with Gasteiger partial charge in [0.05, 0.1) is 18.8 Å². The number of rotatable bonds is 54. The highest BCUT2D eigenvalue weighted by Crippen LogP contribution is 2.17. The van der Waals surface area contributed by atoms with Gasteiger partial charge in [-0.05, 0) is 57.8 Å². The Labute approximate surface area is 406 Å². The Morgan fingerprint density at radius 2 is 0.631 bits per heavy atom. The molecule has 0 aromatic carbocycles. The van der Waals surface area contributed by atoms with Crippen LogP contribution in [0.25, 0.3) is 0 Å². The highest BCUT2D eigenvalue weighted by molar-refractivity contribution is 5.80. The van der Waals surface area contributed by atoms with Gasteiger partial charge in [0.15, 0.2) is 0 Å². The molecule has 0 aliphatic rings. The predicted octanol–water partition coefficient (Wildman–Crippen LogP) is 18.2. The molecule has 65 heavy (non-hydrogen) atoms. The fourth-order valence-corrected chi connectivity index (χ4v) is 9.14. The number of carbonyl (C=O) groups is 1. The molecule has 0 fully saturated rings. The number of aliphatic hydroxyl groups excluding tert-OH is 3. The van der Waals surface area contributed by atoms with E-state index in [1.165, 1.54) is 257 Å². The lowest BCUT2D eigenvalue weighted by Gasteiger charge is -2.21. The normalized spacial score (nSPS) is 13.5. The molecule has 0 aromatic heterocycles. The highest BCUT2D eigenvalue weighted by Gasteiger charge is 2.22. The van der Waals surface area contributed by atoms with E-state index in [1.54, 1.807) is 6.08 Å². The monoisotopic (exact) mass is 914 g/mol. The molecular formula is C60H115NO4. The van der Waals surface area contributed by atoms with Gasteiger partial charge in [0.25, 0.3) is 0 Å². The summed E-state index contributed by atoms with van der Waals surface area (Å²) in [6, 6.07) is -0.816. The fraction of sp³-hybridized carbons (Fsp3) is 0.883. The zero-order valence-electron chi connectivity index (χ0n) is 43.9. The summed E-state index contributed by atoms with van der Waals surface area (Å²) in [6.45, 7) is 4.21. The molecule has 0 rings (SSSR count). The number of aliphatic hydroxyl groups is 3. The average Bonchev–Trinajstić information content (AvgIpc) is 3.31. The number of hydrogen-bond acceptors (Lipinski definition) is 4. The molecule has 0 saturated carbocycles. The van der Waals surface area contributed by atoms with E-state index in [0.29, 0.717) is 6.42 Å². The first kappa shape index (κ1) is 63.6. The van der Waals surface area contributed by atoms with Crippen molar-refractivity contribution in [1.82, 2.24) is 5.32 Å². The van der Waals surface area contributed by atoms with Crippen molar-refractivity contribution >= 4 is 5.91 Å². The van der Waals surface area contributed by atoms with Crippen molar-refractivity contribution in [2.75, 3.05) is 6.61 Å². The van der Waals surface area contributed by atoms with Crippen LogP contribution in [0.15, 0.2) is 36.5 Å². The summed E-state index contributed by atoms with van der Waals surface area (Å²) >= 11 is 0. The minimum atomic E-state index is -1.11. The third kappa shape index (κ3) is 50.3. The molecule has 0 aliphatic carbocycles. The maximum Gasteiger partial charge on any atom is 0.249 e. The van der Waals surface area contributed by atoms with Crippen molar-refractivity contribution in [3.05, 3.63) is 36.5 Å². The molecule has 1 amide bonds. The van der Waals surface area contributed by atoms with E-state index < -0.39 is 24.2 Å². The molecule has 5 nitrogen and oxygen atoms in total. The zero-order valence-corrected chi connectivity index (χ0v) is 43.9. The van der Waals surface area contributed by atoms with Gasteiger partial charge >= 0.3 is 0 Å². The highest BCUT2D eigenvalue weighted by atomic mass is 16.3. The van der Waals surface area contributed by atoms with Gasteiger partial charge in [0.2, 0.25) is 5.91 Å².